The molecule has 0 saturated carbocycles. The molecule has 0 aliphatic rings. The number of benzene rings is 2. The van der Waals surface area contributed by atoms with Crippen molar-refractivity contribution in [1.29, 1.82) is 0 Å². The summed E-state index contributed by atoms with van der Waals surface area (Å²) in [6.07, 6.45) is 0. The van der Waals surface area contributed by atoms with Gasteiger partial charge in [-0.2, -0.15) is 0 Å². The lowest BCUT2D eigenvalue weighted by Gasteiger charge is -2.18. The van der Waals surface area contributed by atoms with Crippen molar-refractivity contribution >= 4 is 46.5 Å². The number of nitrogens with one attached hydrogen (secondary N) is 1. The van der Waals surface area contributed by atoms with Crippen LogP contribution in [-0.2, 0) is 4.79 Å². The van der Waals surface area contributed by atoms with Gasteiger partial charge in [0.25, 0.3) is 0 Å². The van der Waals surface area contributed by atoms with Gasteiger partial charge in [-0.1, -0.05) is 46.9 Å². The predicted molar refractivity (Wildman–Crippen MR) is 81.9 cm³/mol. The average molecular weight is 331 g/mol. The van der Waals surface area contributed by atoms with Crippen molar-refractivity contribution in [1.82, 2.24) is 0 Å². The number of hydrogen-bond acceptors (Lipinski definition) is 2. The Morgan fingerprint density at radius 3 is 2.20 bits per heavy atom. The van der Waals surface area contributed by atoms with Crippen LogP contribution in [-0.4, -0.2) is 11.1 Å². The molecule has 0 aromatic heterocycles. The molecule has 0 aliphatic carbocycles. The van der Waals surface area contributed by atoms with Gasteiger partial charge >= 0.3 is 5.97 Å². The Hall–Kier alpha value is -1.42. The van der Waals surface area contributed by atoms with Crippen LogP contribution < -0.4 is 5.32 Å². The number of anilines is 1. The SMILES string of the molecule is O=C(O)C(Nc1cccc(Cl)c1)c1c(Cl)cccc1Cl. The van der Waals surface area contributed by atoms with E-state index >= 15 is 0 Å². The highest BCUT2D eigenvalue weighted by Gasteiger charge is 2.24. The zero-order chi connectivity index (χ0) is 14.7. The van der Waals surface area contributed by atoms with E-state index in [0.717, 1.165) is 0 Å². The molecule has 0 spiro atoms. The van der Waals surface area contributed by atoms with E-state index in [9.17, 15) is 9.90 Å². The third-order valence-corrected chi connectivity index (χ3v) is 3.57. The van der Waals surface area contributed by atoms with Crippen LogP contribution in [0.3, 0.4) is 0 Å². The van der Waals surface area contributed by atoms with Crippen LogP contribution in [0.2, 0.25) is 15.1 Å². The first kappa shape index (κ1) is 15.0. The number of carbonyl (C=O) groups is 1. The fourth-order valence-corrected chi connectivity index (χ4v) is 2.59. The molecule has 6 heteroatoms. The molecule has 20 heavy (non-hydrogen) atoms. The van der Waals surface area contributed by atoms with E-state index in [2.05, 4.69) is 5.32 Å². The summed E-state index contributed by atoms with van der Waals surface area (Å²) in [5.41, 5.74) is 0.893. The maximum absolute atomic E-state index is 11.5. The maximum Gasteiger partial charge on any atom is 0.330 e. The van der Waals surface area contributed by atoms with Gasteiger partial charge in [0.05, 0.1) is 0 Å². The Labute approximate surface area is 131 Å². The molecule has 2 aromatic rings. The number of aliphatic carboxylic acids is 1. The summed E-state index contributed by atoms with van der Waals surface area (Å²) in [7, 11) is 0. The van der Waals surface area contributed by atoms with Gasteiger partial charge in [0.1, 0.15) is 0 Å². The molecule has 3 nitrogen and oxygen atoms in total. The Bertz CT molecular complexity index is 626. The number of halogens is 3. The summed E-state index contributed by atoms with van der Waals surface area (Å²) < 4.78 is 0. The van der Waals surface area contributed by atoms with Crippen molar-refractivity contribution in [3.05, 3.63) is 63.1 Å². The second-order valence-electron chi connectivity index (χ2n) is 4.06. The average Bonchev–Trinajstić information content (AvgIpc) is 2.37. The van der Waals surface area contributed by atoms with Gasteiger partial charge < -0.3 is 10.4 Å². The van der Waals surface area contributed by atoms with E-state index in [-0.39, 0.29) is 0 Å². The maximum atomic E-state index is 11.5. The summed E-state index contributed by atoms with van der Waals surface area (Å²) in [6.45, 7) is 0. The van der Waals surface area contributed by atoms with Crippen LogP contribution in [0.4, 0.5) is 5.69 Å². The normalized spacial score (nSPS) is 11.9. The Balaban J connectivity index is 2.40. The molecule has 0 heterocycles. The monoisotopic (exact) mass is 329 g/mol. The molecule has 2 aromatic carbocycles. The minimum atomic E-state index is -1.08. The van der Waals surface area contributed by atoms with Crippen LogP contribution in [0.1, 0.15) is 11.6 Å². The zero-order valence-corrected chi connectivity index (χ0v) is 12.4. The van der Waals surface area contributed by atoms with Gasteiger partial charge in [0.15, 0.2) is 6.04 Å². The van der Waals surface area contributed by atoms with E-state index in [1.807, 2.05) is 0 Å². The van der Waals surface area contributed by atoms with Crippen molar-refractivity contribution in [2.75, 3.05) is 5.32 Å². The smallest absolute Gasteiger partial charge is 0.330 e. The first-order valence-corrected chi connectivity index (χ1v) is 6.81. The van der Waals surface area contributed by atoms with Crippen LogP contribution >= 0.6 is 34.8 Å². The quantitative estimate of drug-likeness (QED) is 0.839. The zero-order valence-electron chi connectivity index (χ0n) is 10.1. The Morgan fingerprint density at radius 2 is 1.65 bits per heavy atom. The number of carboxylic acids is 1. The number of carboxylic acid groups (broad SMARTS) is 1. The summed E-state index contributed by atoms with van der Waals surface area (Å²) in [4.78, 5) is 11.5. The van der Waals surface area contributed by atoms with Crippen molar-refractivity contribution in [2.45, 2.75) is 6.04 Å². The third kappa shape index (κ3) is 3.37. The van der Waals surface area contributed by atoms with Crippen molar-refractivity contribution in [3.63, 3.8) is 0 Å². The highest BCUT2D eigenvalue weighted by molar-refractivity contribution is 6.36. The lowest BCUT2D eigenvalue weighted by atomic mass is 10.1. The van der Waals surface area contributed by atoms with Crippen LogP contribution in [0.15, 0.2) is 42.5 Å². The van der Waals surface area contributed by atoms with E-state index in [0.29, 0.717) is 26.3 Å². The molecular weight excluding hydrogens is 321 g/mol. The second kappa shape index (κ2) is 6.35. The lowest BCUT2D eigenvalue weighted by Crippen LogP contribution is -2.21. The fourth-order valence-electron chi connectivity index (χ4n) is 1.79. The summed E-state index contributed by atoms with van der Waals surface area (Å²) in [5.74, 6) is -1.08. The van der Waals surface area contributed by atoms with Crippen LogP contribution in [0.5, 0.6) is 0 Å². The Kier molecular flexibility index (Phi) is 4.76. The van der Waals surface area contributed by atoms with Gasteiger partial charge in [-0.15, -0.1) is 0 Å². The lowest BCUT2D eigenvalue weighted by molar-refractivity contribution is -0.138. The minimum Gasteiger partial charge on any atom is -0.479 e. The Morgan fingerprint density at radius 1 is 1.05 bits per heavy atom. The van der Waals surface area contributed by atoms with Gasteiger partial charge in [-0.05, 0) is 30.3 Å². The second-order valence-corrected chi connectivity index (χ2v) is 5.31. The first-order chi connectivity index (χ1) is 9.49. The van der Waals surface area contributed by atoms with Gasteiger partial charge in [-0.3, -0.25) is 0 Å². The molecule has 1 unspecified atom stereocenters. The molecule has 2 N–H and O–H groups in total. The molecule has 1 atom stereocenters. The van der Waals surface area contributed by atoms with Crippen molar-refractivity contribution in [3.8, 4) is 0 Å². The summed E-state index contributed by atoms with van der Waals surface area (Å²) in [6, 6.07) is 10.6. The number of rotatable bonds is 4. The first-order valence-electron chi connectivity index (χ1n) is 5.68. The summed E-state index contributed by atoms with van der Waals surface area (Å²) in [5, 5.41) is 13.3. The van der Waals surface area contributed by atoms with E-state index < -0.39 is 12.0 Å². The summed E-state index contributed by atoms with van der Waals surface area (Å²) >= 11 is 18.0. The standard InChI is InChI=1S/C14H10Cl3NO2/c15-8-3-1-4-9(7-8)18-13(14(19)20)12-10(16)5-2-6-11(12)17/h1-7,13,18H,(H,19,20). The molecule has 0 fully saturated rings. The molecule has 0 bridgehead atoms. The van der Waals surface area contributed by atoms with Crippen molar-refractivity contribution in [2.24, 2.45) is 0 Å². The molecule has 2 rings (SSSR count). The van der Waals surface area contributed by atoms with E-state index in [1.165, 1.54) is 0 Å². The minimum absolute atomic E-state index is 0.291. The topological polar surface area (TPSA) is 49.3 Å². The molecule has 0 aliphatic heterocycles. The van der Waals surface area contributed by atoms with Gasteiger partial charge in [-0.25, -0.2) is 4.79 Å². The largest absolute Gasteiger partial charge is 0.479 e. The highest BCUT2D eigenvalue weighted by Crippen LogP contribution is 2.33. The predicted octanol–water partition coefficient (Wildman–Crippen LogP) is 4.88. The fraction of sp³-hybridized carbons (Fsp3) is 0.0714. The van der Waals surface area contributed by atoms with Crippen LogP contribution in [0.25, 0.3) is 0 Å². The van der Waals surface area contributed by atoms with E-state index in [4.69, 9.17) is 34.8 Å². The molecule has 104 valence electrons. The molecular formula is C14H10Cl3NO2. The van der Waals surface area contributed by atoms with Gasteiger partial charge in [0, 0.05) is 26.3 Å². The van der Waals surface area contributed by atoms with Crippen LogP contribution in [0, 0.1) is 0 Å². The molecule has 0 radical (unpaired) electrons. The molecule has 0 amide bonds. The van der Waals surface area contributed by atoms with Crippen molar-refractivity contribution < 1.29 is 9.90 Å². The number of hydrogen-bond donors (Lipinski definition) is 2. The third-order valence-electron chi connectivity index (χ3n) is 2.67. The molecule has 0 saturated heterocycles. The van der Waals surface area contributed by atoms with E-state index in [1.54, 1.807) is 42.5 Å². The highest BCUT2D eigenvalue weighted by atomic mass is 35.5. The van der Waals surface area contributed by atoms with Gasteiger partial charge in [0.2, 0.25) is 0 Å².